The van der Waals surface area contributed by atoms with E-state index >= 15 is 0 Å². The molecule has 2 unspecified atom stereocenters. The molecule has 2 atom stereocenters. The standard InChI is InChI=1S/C21H24ClF2N5O4/c1-12(23)10-32-11-14-8-29-19(20(30)27(2)33-14)15-9-28(6-5-18(15)26-29)21(31)25-13-3-4-17(24)16(22)7-13/h3-4,7,12,14H,5-6,8-11H2,1-2H3,(H,25,31). The van der Waals surface area contributed by atoms with Crippen LogP contribution in [0, 0.1) is 5.82 Å². The fourth-order valence-corrected chi connectivity index (χ4v) is 4.02. The smallest absolute Gasteiger partial charge is 0.322 e. The summed E-state index contributed by atoms with van der Waals surface area (Å²) in [4.78, 5) is 33.0. The second-order valence-corrected chi connectivity index (χ2v) is 8.44. The average Bonchev–Trinajstić information content (AvgIpc) is 3.06. The molecule has 0 bridgehead atoms. The number of anilines is 1. The molecule has 3 heterocycles. The molecular weight excluding hydrogens is 460 g/mol. The molecule has 0 fully saturated rings. The Bertz CT molecular complexity index is 1060. The summed E-state index contributed by atoms with van der Waals surface area (Å²) in [6, 6.07) is 3.52. The van der Waals surface area contributed by atoms with Gasteiger partial charge in [-0.05, 0) is 25.1 Å². The van der Waals surface area contributed by atoms with Crippen LogP contribution in [0.15, 0.2) is 18.2 Å². The van der Waals surface area contributed by atoms with Crippen LogP contribution in [0.1, 0.15) is 28.7 Å². The van der Waals surface area contributed by atoms with Crippen molar-refractivity contribution in [2.75, 3.05) is 32.1 Å². The molecule has 1 aromatic heterocycles. The first-order chi connectivity index (χ1) is 15.7. The van der Waals surface area contributed by atoms with Gasteiger partial charge in [-0.2, -0.15) is 5.10 Å². The lowest BCUT2D eigenvalue weighted by molar-refractivity contribution is -0.167. The van der Waals surface area contributed by atoms with E-state index in [4.69, 9.17) is 21.2 Å². The van der Waals surface area contributed by atoms with E-state index < -0.39 is 30.0 Å². The molecule has 1 aromatic carbocycles. The number of hydrogen-bond acceptors (Lipinski definition) is 5. The van der Waals surface area contributed by atoms with Gasteiger partial charge in [0, 0.05) is 31.3 Å². The number of alkyl halides is 1. The molecule has 178 valence electrons. The fourth-order valence-electron chi connectivity index (χ4n) is 3.84. The average molecular weight is 484 g/mol. The van der Waals surface area contributed by atoms with Crippen molar-refractivity contribution >= 4 is 29.2 Å². The molecule has 4 rings (SSSR count). The molecule has 12 heteroatoms. The van der Waals surface area contributed by atoms with Crippen molar-refractivity contribution in [1.82, 2.24) is 19.7 Å². The first-order valence-corrected chi connectivity index (χ1v) is 10.9. The number of benzene rings is 1. The van der Waals surface area contributed by atoms with Gasteiger partial charge in [0.1, 0.15) is 23.8 Å². The van der Waals surface area contributed by atoms with E-state index in [1.165, 1.54) is 32.2 Å². The van der Waals surface area contributed by atoms with Crippen molar-refractivity contribution in [3.8, 4) is 0 Å². The zero-order chi connectivity index (χ0) is 23.7. The molecule has 0 spiro atoms. The number of carbonyl (C=O) groups excluding carboxylic acids is 2. The quantitative estimate of drug-likeness (QED) is 0.706. The maximum absolute atomic E-state index is 13.4. The number of aromatic nitrogens is 2. The molecule has 0 saturated heterocycles. The number of hydrogen-bond donors (Lipinski definition) is 1. The zero-order valence-electron chi connectivity index (χ0n) is 18.2. The van der Waals surface area contributed by atoms with Gasteiger partial charge < -0.3 is 15.0 Å². The third kappa shape index (κ3) is 5.10. The lowest BCUT2D eigenvalue weighted by atomic mass is 10.1. The minimum Gasteiger partial charge on any atom is -0.376 e. The highest BCUT2D eigenvalue weighted by Gasteiger charge is 2.35. The van der Waals surface area contributed by atoms with Crippen molar-refractivity contribution < 1.29 is 27.9 Å². The molecule has 33 heavy (non-hydrogen) atoms. The highest BCUT2D eigenvalue weighted by atomic mass is 35.5. The van der Waals surface area contributed by atoms with E-state index in [-0.39, 0.29) is 31.3 Å². The first-order valence-electron chi connectivity index (χ1n) is 10.5. The molecule has 1 N–H and O–H groups in total. The zero-order valence-corrected chi connectivity index (χ0v) is 18.9. The summed E-state index contributed by atoms with van der Waals surface area (Å²) < 4.78 is 33.3. The number of nitrogens with one attached hydrogen (secondary N) is 1. The van der Waals surface area contributed by atoms with Crippen LogP contribution in [0.4, 0.5) is 19.3 Å². The summed E-state index contributed by atoms with van der Waals surface area (Å²) in [6.07, 6.45) is -1.17. The number of nitrogens with zero attached hydrogens (tertiary/aromatic N) is 4. The van der Waals surface area contributed by atoms with E-state index in [0.717, 1.165) is 10.8 Å². The Morgan fingerprint density at radius 1 is 1.45 bits per heavy atom. The van der Waals surface area contributed by atoms with Gasteiger partial charge in [0.15, 0.2) is 0 Å². The second kappa shape index (κ2) is 9.62. The molecule has 0 aliphatic carbocycles. The van der Waals surface area contributed by atoms with Crippen LogP contribution in [-0.4, -0.2) is 70.8 Å². The molecule has 2 aliphatic rings. The lowest BCUT2D eigenvalue weighted by Crippen LogP contribution is -2.39. The fraction of sp³-hybridized carbons (Fsp3) is 0.476. The summed E-state index contributed by atoms with van der Waals surface area (Å²) in [5.41, 5.74) is 2.09. The van der Waals surface area contributed by atoms with Gasteiger partial charge in [-0.15, -0.1) is 0 Å². The maximum Gasteiger partial charge on any atom is 0.322 e. The van der Waals surface area contributed by atoms with Crippen LogP contribution in [0.3, 0.4) is 0 Å². The highest BCUT2D eigenvalue weighted by molar-refractivity contribution is 6.31. The van der Waals surface area contributed by atoms with E-state index in [0.29, 0.717) is 29.9 Å². The predicted molar refractivity (Wildman–Crippen MR) is 115 cm³/mol. The number of carbonyl (C=O) groups is 2. The monoisotopic (exact) mass is 483 g/mol. The van der Waals surface area contributed by atoms with Crippen molar-refractivity contribution in [2.45, 2.75) is 38.7 Å². The number of amides is 3. The Hall–Kier alpha value is -2.76. The minimum absolute atomic E-state index is 0.0661. The molecule has 2 aromatic rings. The third-order valence-corrected chi connectivity index (χ3v) is 5.67. The lowest BCUT2D eigenvalue weighted by Gasteiger charge is -2.27. The summed E-state index contributed by atoms with van der Waals surface area (Å²) in [5.74, 6) is -0.967. The van der Waals surface area contributed by atoms with Crippen LogP contribution in [0.5, 0.6) is 0 Å². The van der Waals surface area contributed by atoms with Crippen molar-refractivity contribution in [1.29, 1.82) is 0 Å². The summed E-state index contributed by atoms with van der Waals surface area (Å²) in [7, 11) is 1.49. The largest absolute Gasteiger partial charge is 0.376 e. The predicted octanol–water partition coefficient (Wildman–Crippen LogP) is 3.03. The molecule has 0 saturated carbocycles. The van der Waals surface area contributed by atoms with Crippen molar-refractivity contribution in [2.24, 2.45) is 0 Å². The maximum atomic E-state index is 13.4. The summed E-state index contributed by atoms with van der Waals surface area (Å²) >= 11 is 5.79. The van der Waals surface area contributed by atoms with Gasteiger partial charge in [-0.25, -0.2) is 18.6 Å². The van der Waals surface area contributed by atoms with Crippen LogP contribution in [0.25, 0.3) is 0 Å². The van der Waals surface area contributed by atoms with Gasteiger partial charge in [-0.1, -0.05) is 11.6 Å². The van der Waals surface area contributed by atoms with Gasteiger partial charge in [0.25, 0.3) is 5.91 Å². The SMILES string of the molecule is CC(F)COCC1Cn2nc3c(c2C(=O)N(C)O1)CN(C(=O)Nc1ccc(F)c(Cl)c1)CC3. The van der Waals surface area contributed by atoms with E-state index in [2.05, 4.69) is 10.4 Å². The van der Waals surface area contributed by atoms with Crippen LogP contribution in [-0.2, 0) is 29.1 Å². The Morgan fingerprint density at radius 2 is 2.24 bits per heavy atom. The van der Waals surface area contributed by atoms with Crippen molar-refractivity contribution in [3.05, 3.63) is 46.0 Å². The Labute approximate surface area is 194 Å². The molecule has 0 radical (unpaired) electrons. The number of ether oxygens (including phenoxy) is 1. The minimum atomic E-state index is -1.11. The summed E-state index contributed by atoms with van der Waals surface area (Å²) in [5, 5.41) is 8.29. The van der Waals surface area contributed by atoms with Gasteiger partial charge in [0.05, 0.1) is 37.0 Å². The Kier molecular flexibility index (Phi) is 6.82. The molecular formula is C21H24ClF2N5O4. The number of halogens is 3. The van der Waals surface area contributed by atoms with Gasteiger partial charge >= 0.3 is 6.03 Å². The normalized spacial score (nSPS) is 19.1. The van der Waals surface area contributed by atoms with Gasteiger partial charge in [-0.3, -0.25) is 14.3 Å². The number of hydroxylamine groups is 2. The van der Waals surface area contributed by atoms with Crippen LogP contribution in [0.2, 0.25) is 5.02 Å². The van der Waals surface area contributed by atoms with Crippen LogP contribution >= 0.6 is 11.6 Å². The van der Waals surface area contributed by atoms with E-state index in [1.54, 1.807) is 9.58 Å². The number of fused-ring (bicyclic) bond motifs is 3. The van der Waals surface area contributed by atoms with E-state index in [9.17, 15) is 18.4 Å². The van der Waals surface area contributed by atoms with Gasteiger partial charge in [0.2, 0.25) is 0 Å². The third-order valence-electron chi connectivity index (χ3n) is 5.38. The molecule has 2 aliphatic heterocycles. The van der Waals surface area contributed by atoms with E-state index in [1.807, 2.05) is 0 Å². The topological polar surface area (TPSA) is 88.9 Å². The first kappa shape index (κ1) is 23.4. The van der Waals surface area contributed by atoms with Crippen molar-refractivity contribution in [3.63, 3.8) is 0 Å². The second-order valence-electron chi connectivity index (χ2n) is 8.03. The Morgan fingerprint density at radius 3 is 2.97 bits per heavy atom. The number of rotatable bonds is 5. The Balaban J connectivity index is 1.50. The molecule has 3 amide bonds. The summed E-state index contributed by atoms with van der Waals surface area (Å²) in [6.45, 7) is 2.25. The molecule has 9 nitrogen and oxygen atoms in total. The van der Waals surface area contributed by atoms with Crippen LogP contribution < -0.4 is 5.32 Å². The number of urea groups is 1. The highest BCUT2D eigenvalue weighted by Crippen LogP contribution is 2.27.